The van der Waals surface area contributed by atoms with E-state index in [0.29, 0.717) is 22.5 Å². The van der Waals surface area contributed by atoms with Crippen LogP contribution in [-0.4, -0.2) is 59.1 Å². The number of allylic oxidation sites excluding steroid dienone is 2. The number of Topliss-reactive ketones (excluding diaryl/α,β-unsaturated/α-hetero) is 1. The molecule has 4 aromatic rings. The van der Waals surface area contributed by atoms with Crippen LogP contribution in [0.5, 0.6) is 0 Å². The Hall–Kier alpha value is -4.90. The van der Waals surface area contributed by atoms with Gasteiger partial charge in [-0.2, -0.15) is 0 Å². The third kappa shape index (κ3) is 7.90. The van der Waals surface area contributed by atoms with E-state index in [-0.39, 0.29) is 24.3 Å². The molecule has 11 heteroatoms. The van der Waals surface area contributed by atoms with Gasteiger partial charge in [-0.05, 0) is 78.5 Å². The molecule has 1 aliphatic heterocycles. The summed E-state index contributed by atoms with van der Waals surface area (Å²) in [5.74, 6) is 1.03. The Morgan fingerprint density at radius 3 is 2.25 bits per heavy atom. The Balaban J connectivity index is 0.932. The van der Waals surface area contributed by atoms with E-state index in [0.717, 1.165) is 51.4 Å². The molecule has 7 rings (SSSR count). The molecule has 1 saturated carbocycles. The average Bonchev–Trinajstić information content (AvgIpc) is 3.40. The van der Waals surface area contributed by atoms with E-state index in [1.54, 1.807) is 18.2 Å². The molecule has 2 heterocycles. The maximum Gasteiger partial charge on any atom is 0.323 e. The van der Waals surface area contributed by atoms with Crippen molar-refractivity contribution in [3.8, 4) is 11.4 Å². The van der Waals surface area contributed by atoms with E-state index in [9.17, 15) is 27.9 Å². The van der Waals surface area contributed by atoms with E-state index < -0.39 is 40.8 Å². The second kappa shape index (κ2) is 15.6. The van der Waals surface area contributed by atoms with Crippen LogP contribution in [0.1, 0.15) is 82.3 Å². The van der Waals surface area contributed by atoms with Gasteiger partial charge in [-0.25, -0.2) is 18.4 Å². The number of aliphatic carboxylic acids is 1. The third-order valence-electron chi connectivity index (χ3n) is 11.5. The van der Waals surface area contributed by atoms with Crippen LogP contribution in [0.15, 0.2) is 84.0 Å². The first-order valence-corrected chi connectivity index (χ1v) is 20.2. The molecule has 276 valence electrons. The normalized spacial score (nSPS) is 20.6. The van der Waals surface area contributed by atoms with Gasteiger partial charge in [0.2, 0.25) is 5.91 Å². The number of ketones is 1. The molecule has 0 saturated heterocycles. The molecule has 1 amide bonds. The Bertz CT molecular complexity index is 2140. The number of rotatable bonds is 13. The molecule has 1 fully saturated rings. The summed E-state index contributed by atoms with van der Waals surface area (Å²) in [7, 11) is -3.92. The SMILES string of the molecule is CC[C@H]1CC[C@H](C2CC=C(c3cnc(-c4ccc(CN(CC(=O)O)C(=O)CCC(=O)CN5c6cccc7cccc(c67)S5(=O)=O)cc4)nc3)CC2)CC1. The molecule has 53 heavy (non-hydrogen) atoms. The highest BCUT2D eigenvalue weighted by atomic mass is 32.2. The lowest BCUT2D eigenvalue weighted by Crippen LogP contribution is -2.36. The van der Waals surface area contributed by atoms with Gasteiger partial charge in [-0.3, -0.25) is 18.7 Å². The molecule has 1 aromatic heterocycles. The first-order chi connectivity index (χ1) is 25.6. The van der Waals surface area contributed by atoms with Crippen molar-refractivity contribution >= 4 is 49.7 Å². The predicted molar refractivity (Wildman–Crippen MR) is 204 cm³/mol. The Labute approximate surface area is 311 Å². The molecule has 2 aliphatic carbocycles. The topological polar surface area (TPSA) is 138 Å². The second-order valence-corrected chi connectivity index (χ2v) is 16.6. The zero-order valence-electron chi connectivity index (χ0n) is 30.1. The Morgan fingerprint density at radius 1 is 0.868 bits per heavy atom. The van der Waals surface area contributed by atoms with Crippen molar-refractivity contribution in [3.63, 3.8) is 0 Å². The number of hydrogen-bond acceptors (Lipinski definition) is 7. The number of aromatic nitrogens is 2. The first-order valence-electron chi connectivity index (χ1n) is 18.8. The number of anilines is 1. The summed E-state index contributed by atoms with van der Waals surface area (Å²) in [4.78, 5) is 48.6. The van der Waals surface area contributed by atoms with Crippen molar-refractivity contribution in [2.75, 3.05) is 17.4 Å². The minimum Gasteiger partial charge on any atom is -0.480 e. The van der Waals surface area contributed by atoms with Crippen molar-refractivity contribution in [1.82, 2.24) is 14.9 Å². The minimum absolute atomic E-state index is 0.0341. The highest BCUT2D eigenvalue weighted by Crippen LogP contribution is 2.43. The molecule has 1 unspecified atom stereocenters. The van der Waals surface area contributed by atoms with Crippen molar-refractivity contribution in [3.05, 3.63) is 90.3 Å². The number of sulfonamides is 1. The predicted octanol–water partition coefficient (Wildman–Crippen LogP) is 7.67. The van der Waals surface area contributed by atoms with Crippen molar-refractivity contribution in [2.24, 2.45) is 17.8 Å². The van der Waals surface area contributed by atoms with Crippen LogP contribution >= 0.6 is 0 Å². The summed E-state index contributed by atoms with van der Waals surface area (Å²) in [5, 5.41) is 10.9. The number of carbonyl (C=O) groups excluding carboxylic acids is 2. The molecule has 0 radical (unpaired) electrons. The van der Waals surface area contributed by atoms with E-state index in [4.69, 9.17) is 0 Å². The van der Waals surface area contributed by atoms with Crippen LogP contribution in [0, 0.1) is 17.8 Å². The Kier molecular flexibility index (Phi) is 10.7. The fraction of sp³-hybridized carbons (Fsp3) is 0.405. The van der Waals surface area contributed by atoms with Crippen LogP contribution in [0.25, 0.3) is 27.7 Å². The van der Waals surface area contributed by atoms with Gasteiger partial charge in [0, 0.05) is 48.3 Å². The summed E-state index contributed by atoms with van der Waals surface area (Å²) >= 11 is 0. The molecular weight excluding hydrogens is 689 g/mol. The van der Waals surface area contributed by atoms with Gasteiger partial charge in [0.1, 0.15) is 6.54 Å². The van der Waals surface area contributed by atoms with E-state index in [1.807, 2.05) is 48.8 Å². The van der Waals surface area contributed by atoms with Gasteiger partial charge in [0.25, 0.3) is 10.0 Å². The van der Waals surface area contributed by atoms with Crippen LogP contribution < -0.4 is 4.31 Å². The molecule has 0 spiro atoms. The van der Waals surface area contributed by atoms with Gasteiger partial charge in [0.05, 0.1) is 17.1 Å². The van der Waals surface area contributed by atoms with Crippen LogP contribution in [0.3, 0.4) is 0 Å². The van der Waals surface area contributed by atoms with Gasteiger partial charge >= 0.3 is 5.97 Å². The number of carboxylic acid groups (broad SMARTS) is 1. The van der Waals surface area contributed by atoms with Crippen molar-refractivity contribution < 1.29 is 27.9 Å². The van der Waals surface area contributed by atoms with Crippen LogP contribution in [0.2, 0.25) is 0 Å². The highest BCUT2D eigenvalue weighted by Gasteiger charge is 2.36. The quantitative estimate of drug-likeness (QED) is 0.148. The number of carbonyl (C=O) groups is 3. The zero-order chi connectivity index (χ0) is 37.1. The van der Waals surface area contributed by atoms with Crippen molar-refractivity contribution in [2.45, 2.75) is 82.6 Å². The molecule has 3 aromatic carbocycles. The molecule has 0 bridgehead atoms. The van der Waals surface area contributed by atoms with Crippen LogP contribution in [-0.2, 0) is 31.0 Å². The number of benzene rings is 3. The fourth-order valence-corrected chi connectivity index (χ4v) is 10.1. The van der Waals surface area contributed by atoms with Gasteiger partial charge in [-0.1, -0.05) is 80.8 Å². The van der Waals surface area contributed by atoms with Gasteiger partial charge in [-0.15, -0.1) is 0 Å². The molecular formula is C42H46N4O6S. The molecule has 1 atom stereocenters. The largest absolute Gasteiger partial charge is 0.480 e. The summed E-state index contributed by atoms with van der Waals surface area (Å²) in [6, 6.07) is 17.6. The lowest BCUT2D eigenvalue weighted by molar-refractivity contribution is -0.145. The van der Waals surface area contributed by atoms with Gasteiger partial charge < -0.3 is 10.0 Å². The number of carboxylic acids is 1. The highest BCUT2D eigenvalue weighted by molar-refractivity contribution is 7.93. The monoisotopic (exact) mass is 734 g/mol. The molecule has 3 aliphatic rings. The maximum atomic E-state index is 13.3. The number of amides is 1. The van der Waals surface area contributed by atoms with E-state index in [2.05, 4.69) is 23.0 Å². The summed E-state index contributed by atoms with van der Waals surface area (Å²) in [6.07, 6.45) is 16.0. The van der Waals surface area contributed by atoms with Gasteiger partial charge in [0.15, 0.2) is 11.6 Å². The molecule has 1 N–H and O–H groups in total. The van der Waals surface area contributed by atoms with Crippen LogP contribution in [0.4, 0.5) is 5.69 Å². The molecule has 10 nitrogen and oxygen atoms in total. The Morgan fingerprint density at radius 2 is 1.58 bits per heavy atom. The smallest absolute Gasteiger partial charge is 0.323 e. The van der Waals surface area contributed by atoms with E-state index in [1.165, 1.54) is 55.1 Å². The van der Waals surface area contributed by atoms with E-state index >= 15 is 0 Å². The maximum absolute atomic E-state index is 13.3. The minimum atomic E-state index is -3.92. The zero-order valence-corrected chi connectivity index (χ0v) is 30.9. The number of hydrogen-bond donors (Lipinski definition) is 1. The lowest BCUT2D eigenvalue weighted by atomic mass is 9.71. The number of nitrogens with zero attached hydrogens (tertiary/aromatic N) is 4. The fourth-order valence-electron chi connectivity index (χ4n) is 8.40. The second-order valence-electron chi connectivity index (χ2n) is 14.8. The summed E-state index contributed by atoms with van der Waals surface area (Å²) in [6.45, 7) is 1.40. The lowest BCUT2D eigenvalue weighted by Gasteiger charge is -2.35. The average molecular weight is 735 g/mol. The third-order valence-corrected chi connectivity index (χ3v) is 13.3. The first kappa shape index (κ1) is 36.5. The summed E-state index contributed by atoms with van der Waals surface area (Å²) in [5.41, 5.74) is 4.33. The summed E-state index contributed by atoms with van der Waals surface area (Å²) < 4.78 is 27.6. The standard InChI is InChI=1S/C42H46N4O6S/c1-2-28-9-13-30(14-10-28)31-17-19-32(20-18-31)35-23-43-42(44-24-35)34-15-11-29(12-16-34)25-45(27-40(49)50)39(48)22-21-36(47)26-46-37-7-3-5-33-6-4-8-38(41(33)37)53(46,51)52/h3-8,11-12,15-16,19,23-24,28,30-31H,2,9-10,13-14,17-18,20-22,25-27H2,1H3,(H,49,50)/t28-,30-,31?. The van der Waals surface area contributed by atoms with Crippen molar-refractivity contribution in [1.29, 1.82) is 0 Å².